The van der Waals surface area contributed by atoms with E-state index in [0.29, 0.717) is 0 Å². The van der Waals surface area contributed by atoms with Crippen LogP contribution in [0.5, 0.6) is 5.75 Å². The molecule has 1 aromatic carbocycles. The first-order valence-electron chi connectivity index (χ1n) is 5.88. The molecule has 3 rings (SSSR count). The molecule has 0 radical (unpaired) electrons. The van der Waals surface area contributed by atoms with Crippen LogP contribution in [0.25, 0.3) is 0 Å². The number of ether oxygens (including phenoxy) is 1. The second-order valence-electron chi connectivity index (χ2n) is 4.58. The van der Waals surface area contributed by atoms with Crippen LogP contribution in [0.3, 0.4) is 0 Å². The molecule has 0 spiro atoms. The second kappa shape index (κ2) is 3.86. The maximum absolute atomic E-state index is 5.91. The lowest BCUT2D eigenvalue weighted by Gasteiger charge is -2.27. The monoisotopic (exact) mass is 203 g/mol. The van der Waals surface area contributed by atoms with Crippen molar-refractivity contribution < 1.29 is 4.74 Å². The molecule has 0 saturated carbocycles. The van der Waals surface area contributed by atoms with E-state index in [0.717, 1.165) is 31.4 Å². The maximum atomic E-state index is 5.91. The van der Waals surface area contributed by atoms with Crippen molar-refractivity contribution in [3.63, 3.8) is 0 Å². The number of fused-ring (bicyclic) bond motifs is 1. The normalized spacial score (nSPS) is 19.7. The highest BCUT2D eigenvalue weighted by molar-refractivity contribution is 5.43. The molecule has 0 amide bonds. The van der Waals surface area contributed by atoms with Gasteiger partial charge in [-0.15, -0.1) is 0 Å². The third-order valence-corrected chi connectivity index (χ3v) is 3.44. The molecule has 0 unspecified atom stereocenters. The van der Waals surface area contributed by atoms with Crippen LogP contribution in [0, 0.1) is 5.92 Å². The second-order valence-corrected chi connectivity index (χ2v) is 4.58. The summed E-state index contributed by atoms with van der Waals surface area (Å²) in [4.78, 5) is 0. The predicted octanol–water partition coefficient (Wildman–Crippen LogP) is 1.77. The van der Waals surface area contributed by atoms with E-state index in [1.54, 1.807) is 0 Å². The van der Waals surface area contributed by atoms with Gasteiger partial charge >= 0.3 is 0 Å². The highest BCUT2D eigenvalue weighted by Gasteiger charge is 2.19. The Morgan fingerprint density at radius 2 is 2.20 bits per heavy atom. The van der Waals surface area contributed by atoms with Crippen molar-refractivity contribution >= 4 is 0 Å². The molecule has 1 saturated heterocycles. The van der Waals surface area contributed by atoms with E-state index in [-0.39, 0.29) is 0 Å². The minimum absolute atomic E-state index is 0.724. The van der Waals surface area contributed by atoms with Crippen LogP contribution >= 0.6 is 0 Å². The van der Waals surface area contributed by atoms with E-state index in [1.807, 2.05) is 0 Å². The molecule has 2 nitrogen and oxygen atoms in total. The van der Waals surface area contributed by atoms with Gasteiger partial charge in [-0.25, -0.2) is 0 Å². The summed E-state index contributed by atoms with van der Waals surface area (Å²) >= 11 is 0. The summed E-state index contributed by atoms with van der Waals surface area (Å²) in [5.41, 5.74) is 2.96. The van der Waals surface area contributed by atoms with E-state index in [1.165, 1.54) is 30.4 Å². The number of rotatable bonds is 3. The van der Waals surface area contributed by atoms with Crippen molar-refractivity contribution in [2.75, 3.05) is 19.7 Å². The molecule has 0 bridgehead atoms. The van der Waals surface area contributed by atoms with Crippen molar-refractivity contribution in [2.24, 2.45) is 5.92 Å². The number of nitrogens with one attached hydrogen (secondary N) is 1. The van der Waals surface area contributed by atoms with E-state index in [4.69, 9.17) is 4.74 Å². The molecule has 2 heteroatoms. The average Bonchev–Trinajstić information content (AvgIpc) is 2.63. The maximum Gasteiger partial charge on any atom is 0.122 e. The highest BCUT2D eigenvalue weighted by atomic mass is 16.5. The van der Waals surface area contributed by atoms with Crippen LogP contribution < -0.4 is 10.1 Å². The Morgan fingerprint density at radius 3 is 3.00 bits per heavy atom. The zero-order valence-corrected chi connectivity index (χ0v) is 8.96. The summed E-state index contributed by atoms with van der Waals surface area (Å²) in [7, 11) is 0. The molecule has 80 valence electrons. The quantitative estimate of drug-likeness (QED) is 0.808. The fourth-order valence-corrected chi connectivity index (χ4v) is 2.39. The van der Waals surface area contributed by atoms with Crippen molar-refractivity contribution in [2.45, 2.75) is 19.3 Å². The average molecular weight is 203 g/mol. The number of hydrogen-bond acceptors (Lipinski definition) is 2. The third kappa shape index (κ3) is 1.74. The summed E-state index contributed by atoms with van der Waals surface area (Å²) in [5, 5.41) is 3.27. The minimum Gasteiger partial charge on any atom is -0.493 e. The molecular formula is C13H17NO. The molecule has 1 aliphatic heterocycles. The summed E-state index contributed by atoms with van der Waals surface area (Å²) in [6.07, 6.45) is 3.73. The van der Waals surface area contributed by atoms with Gasteiger partial charge in [0.15, 0.2) is 0 Å². The highest BCUT2D eigenvalue weighted by Crippen LogP contribution is 2.30. The first-order chi connectivity index (χ1) is 7.43. The summed E-state index contributed by atoms with van der Waals surface area (Å²) in [6.45, 7) is 3.12. The zero-order valence-electron chi connectivity index (χ0n) is 8.96. The van der Waals surface area contributed by atoms with Gasteiger partial charge in [0.25, 0.3) is 0 Å². The van der Waals surface area contributed by atoms with Crippen LogP contribution in [-0.2, 0) is 12.8 Å². The molecule has 0 aromatic heterocycles. The molecule has 15 heavy (non-hydrogen) atoms. The topological polar surface area (TPSA) is 21.3 Å². The fraction of sp³-hybridized carbons (Fsp3) is 0.538. The van der Waals surface area contributed by atoms with Crippen molar-refractivity contribution in [1.82, 2.24) is 5.32 Å². The first-order valence-corrected chi connectivity index (χ1v) is 5.88. The lowest BCUT2D eigenvalue weighted by Crippen LogP contribution is -2.45. The van der Waals surface area contributed by atoms with Crippen molar-refractivity contribution in [3.05, 3.63) is 29.3 Å². The summed E-state index contributed by atoms with van der Waals surface area (Å²) < 4.78 is 5.91. The van der Waals surface area contributed by atoms with E-state index >= 15 is 0 Å². The molecule has 1 aliphatic carbocycles. The van der Waals surface area contributed by atoms with Gasteiger partial charge in [-0.2, -0.15) is 0 Å². The van der Waals surface area contributed by atoms with Gasteiger partial charge in [-0.05, 0) is 36.5 Å². The number of benzene rings is 1. The van der Waals surface area contributed by atoms with Gasteiger partial charge in [0.2, 0.25) is 0 Å². The van der Waals surface area contributed by atoms with Gasteiger partial charge < -0.3 is 10.1 Å². The van der Waals surface area contributed by atoms with Crippen LogP contribution in [0.1, 0.15) is 17.5 Å². The van der Waals surface area contributed by atoms with Crippen LogP contribution in [-0.4, -0.2) is 19.7 Å². The van der Waals surface area contributed by atoms with Crippen LogP contribution in [0.2, 0.25) is 0 Å². The Bertz CT molecular complexity index is 358. The lowest BCUT2D eigenvalue weighted by atomic mass is 10.1. The Labute approximate surface area is 90.6 Å². The van der Waals surface area contributed by atoms with Crippen LogP contribution in [0.4, 0.5) is 0 Å². The molecule has 1 fully saturated rings. The van der Waals surface area contributed by atoms with E-state index in [2.05, 4.69) is 23.5 Å². The lowest BCUT2D eigenvalue weighted by molar-refractivity contribution is 0.198. The summed E-state index contributed by atoms with van der Waals surface area (Å²) in [6, 6.07) is 6.48. The zero-order chi connectivity index (χ0) is 10.1. The first kappa shape index (κ1) is 9.22. The molecule has 0 atom stereocenters. The Kier molecular flexibility index (Phi) is 2.37. The van der Waals surface area contributed by atoms with Crippen molar-refractivity contribution in [1.29, 1.82) is 0 Å². The molecule has 1 N–H and O–H groups in total. The van der Waals surface area contributed by atoms with Gasteiger partial charge in [-0.3, -0.25) is 0 Å². The minimum atomic E-state index is 0.724. The Hall–Kier alpha value is -1.02. The molecular weight excluding hydrogens is 186 g/mol. The van der Waals surface area contributed by atoms with Gasteiger partial charge in [0.05, 0.1) is 6.61 Å². The smallest absolute Gasteiger partial charge is 0.122 e. The SMILES string of the molecule is c1cc2c(c(OCC3CNC3)c1)CCC2. The third-order valence-electron chi connectivity index (χ3n) is 3.44. The largest absolute Gasteiger partial charge is 0.493 e. The summed E-state index contributed by atoms with van der Waals surface area (Å²) in [5.74, 6) is 1.86. The van der Waals surface area contributed by atoms with Crippen LogP contribution in [0.15, 0.2) is 18.2 Å². The van der Waals surface area contributed by atoms with Crippen molar-refractivity contribution in [3.8, 4) is 5.75 Å². The van der Waals surface area contributed by atoms with Gasteiger partial charge in [0.1, 0.15) is 5.75 Å². The molecule has 1 aromatic rings. The molecule has 2 aliphatic rings. The molecule has 1 heterocycles. The standard InChI is InChI=1S/C13H17NO/c1-3-11-4-2-6-13(12(11)5-1)15-9-10-7-14-8-10/h2,4,6,10,14H,1,3,5,7-9H2. The number of aryl methyl sites for hydroxylation is 1. The van der Waals surface area contributed by atoms with Gasteiger partial charge in [-0.1, -0.05) is 12.1 Å². The van der Waals surface area contributed by atoms with Gasteiger partial charge in [0, 0.05) is 19.0 Å². The van der Waals surface area contributed by atoms with E-state index in [9.17, 15) is 0 Å². The van der Waals surface area contributed by atoms with E-state index < -0.39 is 0 Å². The predicted molar refractivity (Wildman–Crippen MR) is 60.3 cm³/mol. The number of hydrogen-bond donors (Lipinski definition) is 1. The Morgan fingerprint density at radius 1 is 1.27 bits per heavy atom. The Balaban J connectivity index is 1.71. The fourth-order valence-electron chi connectivity index (χ4n) is 2.39.